The third-order valence-electron chi connectivity index (χ3n) is 4.25. The van der Waals surface area contributed by atoms with E-state index in [1.165, 1.54) is 16.7 Å². The minimum absolute atomic E-state index is 0.774. The van der Waals surface area contributed by atoms with Crippen molar-refractivity contribution in [2.75, 3.05) is 7.11 Å². The molecule has 0 aliphatic carbocycles. The van der Waals surface area contributed by atoms with Crippen molar-refractivity contribution in [2.24, 2.45) is 0 Å². The van der Waals surface area contributed by atoms with Crippen molar-refractivity contribution in [3.05, 3.63) is 71.0 Å². The summed E-state index contributed by atoms with van der Waals surface area (Å²) in [5.41, 5.74) is 3.87. The molecular formula is C20H23N3OS. The van der Waals surface area contributed by atoms with Gasteiger partial charge in [0.2, 0.25) is 0 Å². The highest BCUT2D eigenvalue weighted by molar-refractivity contribution is 7.98. The van der Waals surface area contributed by atoms with Gasteiger partial charge >= 0.3 is 0 Å². The third kappa shape index (κ3) is 4.23. The van der Waals surface area contributed by atoms with Gasteiger partial charge in [0.15, 0.2) is 5.16 Å². The lowest BCUT2D eigenvalue weighted by Crippen LogP contribution is -2.04. The molecule has 0 unspecified atom stereocenters. The standard InChI is InChI=1S/C20H23N3OS/c1-4-23-19(13-16-9-11-18(24-3)12-10-16)21-22-20(23)25-14-17-8-6-5-7-15(17)2/h5-12H,4,13-14H2,1-3H3. The number of ether oxygens (including phenoxy) is 1. The molecule has 25 heavy (non-hydrogen) atoms. The summed E-state index contributed by atoms with van der Waals surface area (Å²) in [5.74, 6) is 2.78. The number of rotatable bonds is 7. The van der Waals surface area contributed by atoms with Gasteiger partial charge in [-0.05, 0) is 42.7 Å². The molecule has 0 amide bonds. The molecule has 0 fully saturated rings. The van der Waals surface area contributed by atoms with E-state index >= 15 is 0 Å². The van der Waals surface area contributed by atoms with Crippen molar-refractivity contribution in [1.29, 1.82) is 0 Å². The van der Waals surface area contributed by atoms with Gasteiger partial charge in [0.1, 0.15) is 11.6 Å². The fourth-order valence-corrected chi connectivity index (χ4v) is 3.81. The fraction of sp³-hybridized carbons (Fsp3) is 0.300. The number of aryl methyl sites for hydroxylation is 1. The number of thioether (sulfide) groups is 1. The van der Waals surface area contributed by atoms with Gasteiger partial charge in [-0.3, -0.25) is 0 Å². The maximum atomic E-state index is 5.22. The quantitative estimate of drug-likeness (QED) is 0.587. The summed E-state index contributed by atoms with van der Waals surface area (Å²) in [6, 6.07) is 16.6. The second-order valence-electron chi connectivity index (χ2n) is 5.88. The lowest BCUT2D eigenvalue weighted by atomic mass is 10.1. The first-order chi connectivity index (χ1) is 12.2. The molecule has 4 nitrogen and oxygen atoms in total. The maximum absolute atomic E-state index is 5.22. The molecule has 5 heteroatoms. The summed E-state index contributed by atoms with van der Waals surface area (Å²) in [5, 5.41) is 9.81. The van der Waals surface area contributed by atoms with Crippen LogP contribution in [0.4, 0.5) is 0 Å². The number of nitrogens with zero attached hydrogens (tertiary/aromatic N) is 3. The predicted octanol–water partition coefficient (Wildman–Crippen LogP) is 4.50. The Bertz CT molecular complexity index is 827. The van der Waals surface area contributed by atoms with Crippen LogP contribution >= 0.6 is 11.8 Å². The molecule has 0 N–H and O–H groups in total. The van der Waals surface area contributed by atoms with E-state index in [2.05, 4.69) is 65.0 Å². The first kappa shape index (κ1) is 17.5. The summed E-state index contributed by atoms with van der Waals surface area (Å²) >= 11 is 1.75. The van der Waals surface area contributed by atoms with Crippen molar-refractivity contribution in [2.45, 2.75) is 37.7 Å². The van der Waals surface area contributed by atoms with Gasteiger partial charge in [0, 0.05) is 18.7 Å². The zero-order chi connectivity index (χ0) is 17.6. The van der Waals surface area contributed by atoms with Crippen LogP contribution in [0, 0.1) is 6.92 Å². The van der Waals surface area contributed by atoms with E-state index in [0.717, 1.165) is 35.4 Å². The summed E-state index contributed by atoms with van der Waals surface area (Å²) in [4.78, 5) is 0. The van der Waals surface area contributed by atoms with Crippen LogP contribution < -0.4 is 4.74 Å². The zero-order valence-corrected chi connectivity index (χ0v) is 15.7. The van der Waals surface area contributed by atoms with E-state index < -0.39 is 0 Å². The molecule has 0 atom stereocenters. The van der Waals surface area contributed by atoms with Crippen LogP contribution in [0.2, 0.25) is 0 Å². The van der Waals surface area contributed by atoms with E-state index in [1.54, 1.807) is 18.9 Å². The molecule has 0 aliphatic rings. The average Bonchev–Trinajstić information content (AvgIpc) is 3.03. The Balaban J connectivity index is 1.73. The van der Waals surface area contributed by atoms with Crippen molar-refractivity contribution in [3.63, 3.8) is 0 Å². The highest BCUT2D eigenvalue weighted by Crippen LogP contribution is 2.24. The lowest BCUT2D eigenvalue weighted by molar-refractivity contribution is 0.414. The normalized spacial score (nSPS) is 10.8. The topological polar surface area (TPSA) is 39.9 Å². The monoisotopic (exact) mass is 353 g/mol. The van der Waals surface area contributed by atoms with E-state index in [0.29, 0.717) is 0 Å². The molecule has 0 bridgehead atoms. The third-order valence-corrected chi connectivity index (χ3v) is 5.26. The largest absolute Gasteiger partial charge is 0.497 e. The highest BCUT2D eigenvalue weighted by Gasteiger charge is 2.12. The number of hydrogen-bond donors (Lipinski definition) is 0. The SMILES string of the molecule is CCn1c(Cc2ccc(OC)cc2)nnc1SCc1ccccc1C. The lowest BCUT2D eigenvalue weighted by Gasteiger charge is -2.09. The van der Waals surface area contributed by atoms with Gasteiger partial charge in [-0.2, -0.15) is 0 Å². The summed E-state index contributed by atoms with van der Waals surface area (Å²) in [6.07, 6.45) is 0.774. The molecule has 2 aromatic carbocycles. The molecule has 1 heterocycles. The Morgan fingerprint density at radius 1 is 1.04 bits per heavy atom. The number of methoxy groups -OCH3 is 1. The summed E-state index contributed by atoms with van der Waals surface area (Å²) in [6.45, 7) is 5.16. The van der Waals surface area contributed by atoms with Gasteiger partial charge in [-0.15, -0.1) is 10.2 Å². The smallest absolute Gasteiger partial charge is 0.191 e. The van der Waals surface area contributed by atoms with Gasteiger partial charge < -0.3 is 9.30 Å². The molecular weight excluding hydrogens is 330 g/mol. The molecule has 0 saturated carbocycles. The van der Waals surface area contributed by atoms with Gasteiger partial charge in [-0.1, -0.05) is 48.2 Å². The minimum atomic E-state index is 0.774. The van der Waals surface area contributed by atoms with E-state index in [4.69, 9.17) is 4.74 Å². The zero-order valence-electron chi connectivity index (χ0n) is 14.9. The second kappa shape index (κ2) is 8.21. The number of hydrogen-bond acceptors (Lipinski definition) is 4. The Morgan fingerprint density at radius 2 is 1.80 bits per heavy atom. The van der Waals surface area contributed by atoms with Crippen LogP contribution in [0.25, 0.3) is 0 Å². The fourth-order valence-electron chi connectivity index (χ4n) is 2.71. The Labute approximate surface area is 153 Å². The van der Waals surface area contributed by atoms with Gasteiger partial charge in [-0.25, -0.2) is 0 Å². The molecule has 0 saturated heterocycles. The van der Waals surface area contributed by atoms with Crippen molar-refractivity contribution in [1.82, 2.24) is 14.8 Å². The predicted molar refractivity (Wildman–Crippen MR) is 102 cm³/mol. The molecule has 0 spiro atoms. The summed E-state index contributed by atoms with van der Waals surface area (Å²) < 4.78 is 7.42. The van der Waals surface area contributed by atoms with Crippen LogP contribution in [-0.2, 0) is 18.7 Å². The maximum Gasteiger partial charge on any atom is 0.191 e. The van der Waals surface area contributed by atoms with Crippen LogP contribution in [0.3, 0.4) is 0 Å². The van der Waals surface area contributed by atoms with E-state index in [9.17, 15) is 0 Å². The Morgan fingerprint density at radius 3 is 2.48 bits per heavy atom. The minimum Gasteiger partial charge on any atom is -0.497 e. The van der Waals surface area contributed by atoms with Crippen LogP contribution in [0.1, 0.15) is 29.4 Å². The van der Waals surface area contributed by atoms with Crippen molar-refractivity contribution >= 4 is 11.8 Å². The Kier molecular flexibility index (Phi) is 5.76. The van der Waals surface area contributed by atoms with Crippen LogP contribution in [0.5, 0.6) is 5.75 Å². The van der Waals surface area contributed by atoms with Crippen LogP contribution in [-0.4, -0.2) is 21.9 Å². The number of aromatic nitrogens is 3. The molecule has 3 aromatic rings. The molecule has 3 rings (SSSR count). The first-order valence-electron chi connectivity index (χ1n) is 8.43. The van der Waals surface area contributed by atoms with Crippen LogP contribution in [0.15, 0.2) is 53.7 Å². The van der Waals surface area contributed by atoms with E-state index in [-0.39, 0.29) is 0 Å². The molecule has 1 aromatic heterocycles. The summed E-state index contributed by atoms with van der Waals surface area (Å²) in [7, 11) is 1.68. The molecule has 0 aliphatic heterocycles. The Hall–Kier alpha value is -2.27. The molecule has 130 valence electrons. The number of benzene rings is 2. The van der Waals surface area contributed by atoms with Crippen molar-refractivity contribution in [3.8, 4) is 5.75 Å². The van der Waals surface area contributed by atoms with Gasteiger partial charge in [0.25, 0.3) is 0 Å². The highest BCUT2D eigenvalue weighted by atomic mass is 32.2. The average molecular weight is 353 g/mol. The van der Waals surface area contributed by atoms with E-state index in [1.807, 2.05) is 12.1 Å². The second-order valence-corrected chi connectivity index (χ2v) is 6.83. The molecule has 0 radical (unpaired) electrons. The van der Waals surface area contributed by atoms with Gasteiger partial charge in [0.05, 0.1) is 7.11 Å². The first-order valence-corrected chi connectivity index (χ1v) is 9.42. The van der Waals surface area contributed by atoms with Crippen molar-refractivity contribution < 1.29 is 4.74 Å².